The van der Waals surface area contributed by atoms with Crippen molar-refractivity contribution in [1.29, 1.82) is 0 Å². The highest BCUT2D eigenvalue weighted by Gasteiger charge is 2.42. The summed E-state index contributed by atoms with van der Waals surface area (Å²) in [5.74, 6) is -0.247. The Kier molecular flexibility index (Phi) is 6.00. The molecule has 2 atom stereocenters. The first-order valence-electron chi connectivity index (χ1n) is 11.2. The van der Waals surface area contributed by atoms with Crippen LogP contribution in [0.2, 0.25) is 0 Å². The number of thiophene rings is 1. The van der Waals surface area contributed by atoms with Gasteiger partial charge in [-0.1, -0.05) is 24.3 Å². The van der Waals surface area contributed by atoms with E-state index in [1.807, 2.05) is 35.7 Å². The van der Waals surface area contributed by atoms with Gasteiger partial charge in [-0.2, -0.15) is 0 Å². The van der Waals surface area contributed by atoms with Gasteiger partial charge in [0, 0.05) is 54.6 Å². The van der Waals surface area contributed by atoms with Crippen LogP contribution in [-0.4, -0.2) is 43.1 Å². The molecule has 0 bridgehead atoms. The Hall–Kier alpha value is -3.39. The molecular formula is C25H26N4O3S. The molecule has 0 saturated carbocycles. The van der Waals surface area contributed by atoms with Crippen LogP contribution < -0.4 is 15.1 Å². The van der Waals surface area contributed by atoms with E-state index in [0.717, 1.165) is 43.0 Å². The number of carbonyl (C=O) groups excluding carboxylic acids is 1. The Morgan fingerprint density at radius 3 is 2.73 bits per heavy atom. The highest BCUT2D eigenvalue weighted by atomic mass is 32.1. The number of para-hydroxylation sites is 1. The first-order valence-corrected chi connectivity index (χ1v) is 12.1. The summed E-state index contributed by atoms with van der Waals surface area (Å²) in [7, 11) is 0. The summed E-state index contributed by atoms with van der Waals surface area (Å²) in [5.41, 5.74) is 3.13. The van der Waals surface area contributed by atoms with Crippen molar-refractivity contribution < 1.29 is 9.72 Å². The van der Waals surface area contributed by atoms with Crippen molar-refractivity contribution in [2.45, 2.75) is 18.9 Å². The molecule has 33 heavy (non-hydrogen) atoms. The smallest absolute Gasteiger partial charge is 0.269 e. The minimum Gasteiger partial charge on any atom is -0.368 e. The van der Waals surface area contributed by atoms with Crippen molar-refractivity contribution in [1.82, 2.24) is 5.32 Å². The molecule has 1 N–H and O–H groups in total. The maximum absolute atomic E-state index is 13.4. The maximum atomic E-state index is 13.4. The first-order chi connectivity index (χ1) is 16.1. The Morgan fingerprint density at radius 1 is 1.12 bits per heavy atom. The van der Waals surface area contributed by atoms with Crippen LogP contribution in [-0.2, 0) is 17.6 Å². The number of carbonyl (C=O) groups is 1. The lowest BCUT2D eigenvalue weighted by Crippen LogP contribution is -2.61. The molecule has 1 saturated heterocycles. The van der Waals surface area contributed by atoms with Crippen LogP contribution in [0.4, 0.5) is 17.1 Å². The van der Waals surface area contributed by atoms with Gasteiger partial charge in [0.25, 0.3) is 5.69 Å². The maximum Gasteiger partial charge on any atom is 0.269 e. The molecule has 3 aromatic rings. The largest absolute Gasteiger partial charge is 0.368 e. The molecule has 8 heteroatoms. The molecular weight excluding hydrogens is 436 g/mol. The minimum atomic E-state index is -0.365. The second kappa shape index (κ2) is 9.23. The predicted molar refractivity (Wildman–Crippen MR) is 131 cm³/mol. The van der Waals surface area contributed by atoms with Crippen molar-refractivity contribution in [3.63, 3.8) is 0 Å². The van der Waals surface area contributed by atoms with Crippen LogP contribution in [0.3, 0.4) is 0 Å². The first kappa shape index (κ1) is 21.5. The van der Waals surface area contributed by atoms with E-state index in [1.54, 1.807) is 23.5 Å². The van der Waals surface area contributed by atoms with Crippen LogP contribution in [0.15, 0.2) is 66.0 Å². The lowest BCUT2D eigenvalue weighted by atomic mass is 9.83. The third-order valence-corrected chi connectivity index (χ3v) is 7.55. The third-order valence-electron chi connectivity index (χ3n) is 6.62. The minimum absolute atomic E-state index is 0.00894. The number of amides is 1. The number of anilines is 2. The average Bonchev–Trinajstić information content (AvgIpc) is 3.36. The van der Waals surface area contributed by atoms with Gasteiger partial charge in [-0.15, -0.1) is 11.3 Å². The van der Waals surface area contributed by atoms with Crippen molar-refractivity contribution >= 4 is 34.3 Å². The van der Waals surface area contributed by atoms with E-state index in [0.29, 0.717) is 13.0 Å². The molecule has 1 amide bonds. The lowest BCUT2D eigenvalue weighted by molar-refractivity contribution is -0.384. The van der Waals surface area contributed by atoms with E-state index in [4.69, 9.17) is 0 Å². The zero-order valence-electron chi connectivity index (χ0n) is 18.2. The number of benzene rings is 2. The highest BCUT2D eigenvalue weighted by Crippen LogP contribution is 2.38. The fraction of sp³-hybridized carbons (Fsp3) is 0.320. The lowest BCUT2D eigenvalue weighted by Gasteiger charge is -2.49. The van der Waals surface area contributed by atoms with E-state index in [9.17, 15) is 14.9 Å². The molecule has 5 rings (SSSR count). The molecule has 170 valence electrons. The molecule has 0 unspecified atom stereocenters. The van der Waals surface area contributed by atoms with Gasteiger partial charge in [0.15, 0.2) is 0 Å². The standard InChI is InChI=1S/C25H26N4O3S/c30-25(26-11-10-21-7-4-14-33-21)22-16-18-15-20(29(31)32)8-9-23(18)28-13-12-27(17-24(22)28)19-5-2-1-3-6-19/h1-9,14-15,22,24H,10-13,16-17H2,(H,26,30)/t22-,24-/m1/s1. The molecule has 0 aliphatic carbocycles. The third kappa shape index (κ3) is 4.43. The van der Waals surface area contributed by atoms with Crippen molar-refractivity contribution in [3.05, 3.63) is 86.6 Å². The summed E-state index contributed by atoms with van der Waals surface area (Å²) in [5, 5.41) is 16.5. The van der Waals surface area contributed by atoms with Crippen LogP contribution in [0.1, 0.15) is 10.4 Å². The second-order valence-electron chi connectivity index (χ2n) is 8.54. The number of hydrogen-bond acceptors (Lipinski definition) is 6. The predicted octanol–water partition coefficient (Wildman–Crippen LogP) is 3.88. The second-order valence-corrected chi connectivity index (χ2v) is 9.58. The number of nitro benzene ring substituents is 1. The molecule has 1 aromatic heterocycles. The van der Waals surface area contributed by atoms with Gasteiger partial charge in [-0.05, 0) is 48.1 Å². The molecule has 2 aliphatic rings. The van der Waals surface area contributed by atoms with Gasteiger partial charge in [-0.25, -0.2) is 0 Å². The molecule has 0 spiro atoms. The Morgan fingerprint density at radius 2 is 1.97 bits per heavy atom. The van der Waals surface area contributed by atoms with Gasteiger partial charge >= 0.3 is 0 Å². The van der Waals surface area contributed by atoms with Gasteiger partial charge < -0.3 is 15.1 Å². The summed E-state index contributed by atoms with van der Waals surface area (Å²) in [6.07, 6.45) is 1.31. The van der Waals surface area contributed by atoms with Gasteiger partial charge in [0.05, 0.1) is 16.9 Å². The summed E-state index contributed by atoms with van der Waals surface area (Å²) in [6.45, 7) is 2.93. The topological polar surface area (TPSA) is 78.7 Å². The van der Waals surface area contributed by atoms with E-state index in [2.05, 4.69) is 33.3 Å². The SMILES string of the molecule is O=C(NCCc1cccs1)[C@@H]1Cc2cc([N+](=O)[O-])ccc2N2CCN(c3ccccc3)C[C@H]12. The van der Waals surface area contributed by atoms with Gasteiger partial charge in [0.1, 0.15) is 0 Å². The van der Waals surface area contributed by atoms with E-state index >= 15 is 0 Å². The van der Waals surface area contributed by atoms with Crippen LogP contribution in [0.25, 0.3) is 0 Å². The molecule has 1 fully saturated rings. The summed E-state index contributed by atoms with van der Waals surface area (Å²) >= 11 is 1.69. The number of rotatable bonds is 6. The normalized spacial score (nSPS) is 19.5. The van der Waals surface area contributed by atoms with Gasteiger partial charge in [-0.3, -0.25) is 14.9 Å². The Labute approximate surface area is 196 Å². The molecule has 7 nitrogen and oxygen atoms in total. The number of fused-ring (bicyclic) bond motifs is 3. The Bertz CT molecular complexity index is 1140. The van der Waals surface area contributed by atoms with E-state index in [1.165, 1.54) is 4.88 Å². The fourth-order valence-electron chi connectivity index (χ4n) is 4.99. The van der Waals surface area contributed by atoms with Crippen LogP contribution in [0.5, 0.6) is 0 Å². The van der Waals surface area contributed by atoms with Gasteiger partial charge in [0.2, 0.25) is 5.91 Å². The van der Waals surface area contributed by atoms with Crippen molar-refractivity contribution in [3.8, 4) is 0 Å². The van der Waals surface area contributed by atoms with Crippen LogP contribution >= 0.6 is 11.3 Å². The zero-order valence-corrected chi connectivity index (χ0v) is 19.0. The number of piperazine rings is 1. The monoisotopic (exact) mass is 462 g/mol. The molecule has 3 heterocycles. The number of non-ortho nitro benzene ring substituents is 1. The molecule has 0 radical (unpaired) electrons. The Balaban J connectivity index is 1.40. The van der Waals surface area contributed by atoms with E-state index < -0.39 is 0 Å². The summed E-state index contributed by atoms with van der Waals surface area (Å²) < 4.78 is 0. The van der Waals surface area contributed by atoms with E-state index in [-0.39, 0.29) is 28.5 Å². The number of nitrogens with zero attached hydrogens (tertiary/aromatic N) is 3. The fourth-order valence-corrected chi connectivity index (χ4v) is 5.70. The average molecular weight is 463 g/mol. The quantitative estimate of drug-likeness (QED) is 0.444. The van der Waals surface area contributed by atoms with Crippen molar-refractivity contribution in [2.24, 2.45) is 5.92 Å². The molecule has 2 aromatic carbocycles. The van der Waals surface area contributed by atoms with Crippen molar-refractivity contribution in [2.75, 3.05) is 36.0 Å². The number of hydrogen-bond donors (Lipinski definition) is 1. The summed E-state index contributed by atoms with van der Waals surface area (Å²) in [4.78, 5) is 30.2. The zero-order chi connectivity index (χ0) is 22.8. The van der Waals surface area contributed by atoms with Crippen LogP contribution in [0, 0.1) is 16.0 Å². The summed E-state index contributed by atoms with van der Waals surface area (Å²) in [6, 6.07) is 19.4. The molecule has 2 aliphatic heterocycles. The number of nitrogens with one attached hydrogen (secondary N) is 1. The number of nitro groups is 1. The highest BCUT2D eigenvalue weighted by molar-refractivity contribution is 7.09.